The molecular formula is C11H15N3O2. The molecule has 1 heterocycles. The standard InChI is InChI=1S/C11H15N3O2/c1-3-16-10(15)8-13-7-9-5-4-6-14-11(9)12-2/h4-7,13H,3,8H2,1-2H3/b9-7-,12-11+. The molecule has 16 heavy (non-hydrogen) atoms. The van der Waals surface area contributed by atoms with Crippen LogP contribution in [0.5, 0.6) is 0 Å². The molecule has 0 aromatic carbocycles. The van der Waals surface area contributed by atoms with Crippen molar-refractivity contribution in [2.45, 2.75) is 6.92 Å². The molecule has 0 bridgehead atoms. The lowest BCUT2D eigenvalue weighted by atomic mass is 10.2. The zero-order valence-electron chi connectivity index (χ0n) is 9.43. The van der Waals surface area contributed by atoms with Gasteiger partial charge in [0.25, 0.3) is 0 Å². The molecule has 0 atom stereocenters. The van der Waals surface area contributed by atoms with Gasteiger partial charge >= 0.3 is 5.97 Å². The van der Waals surface area contributed by atoms with Crippen molar-refractivity contribution >= 4 is 18.0 Å². The van der Waals surface area contributed by atoms with Gasteiger partial charge in [0.1, 0.15) is 6.54 Å². The summed E-state index contributed by atoms with van der Waals surface area (Å²) in [6, 6.07) is 0. The van der Waals surface area contributed by atoms with Crippen LogP contribution in [0, 0.1) is 0 Å². The third kappa shape index (κ3) is 3.68. The molecule has 0 spiro atoms. The van der Waals surface area contributed by atoms with E-state index in [1.54, 1.807) is 26.4 Å². The first kappa shape index (κ1) is 12.2. The Morgan fingerprint density at radius 1 is 1.69 bits per heavy atom. The molecule has 0 aromatic heterocycles. The molecule has 0 amide bonds. The van der Waals surface area contributed by atoms with Crippen molar-refractivity contribution in [1.29, 1.82) is 0 Å². The summed E-state index contributed by atoms with van der Waals surface area (Å²) in [6.07, 6.45) is 7.05. The van der Waals surface area contributed by atoms with Crippen LogP contribution in [0.25, 0.3) is 0 Å². The van der Waals surface area contributed by atoms with Gasteiger partial charge in [-0.25, -0.2) is 4.99 Å². The number of nitrogens with one attached hydrogen (secondary N) is 1. The van der Waals surface area contributed by atoms with Crippen molar-refractivity contribution < 1.29 is 9.53 Å². The summed E-state index contributed by atoms with van der Waals surface area (Å²) in [5, 5.41) is 2.86. The number of hydrogen-bond acceptors (Lipinski definition) is 4. The van der Waals surface area contributed by atoms with Gasteiger partial charge in [0.05, 0.1) is 6.61 Å². The summed E-state index contributed by atoms with van der Waals surface area (Å²) in [4.78, 5) is 19.1. The highest BCUT2D eigenvalue weighted by Gasteiger charge is 2.04. The largest absolute Gasteiger partial charge is 0.465 e. The minimum Gasteiger partial charge on any atom is -0.465 e. The second-order valence-electron chi connectivity index (χ2n) is 2.97. The van der Waals surface area contributed by atoms with E-state index in [1.807, 2.05) is 12.2 Å². The Kier molecular flexibility index (Phi) is 4.98. The number of ether oxygens (including phenoxy) is 1. The molecule has 0 radical (unpaired) electrons. The lowest BCUT2D eigenvalue weighted by molar-refractivity contribution is -0.141. The molecule has 0 saturated heterocycles. The van der Waals surface area contributed by atoms with Gasteiger partial charge in [0.15, 0.2) is 5.84 Å². The van der Waals surface area contributed by atoms with E-state index in [0.29, 0.717) is 12.4 Å². The highest BCUT2D eigenvalue weighted by Crippen LogP contribution is 2.04. The van der Waals surface area contributed by atoms with Crippen molar-refractivity contribution in [3.63, 3.8) is 0 Å². The number of allylic oxidation sites excluding steroid dienone is 1. The maximum absolute atomic E-state index is 11.0. The zero-order valence-corrected chi connectivity index (χ0v) is 9.43. The third-order valence-corrected chi connectivity index (χ3v) is 1.84. The Morgan fingerprint density at radius 3 is 3.19 bits per heavy atom. The van der Waals surface area contributed by atoms with Gasteiger partial charge in [-0.05, 0) is 19.1 Å². The number of carbonyl (C=O) groups is 1. The van der Waals surface area contributed by atoms with Crippen LogP contribution in [0.2, 0.25) is 0 Å². The van der Waals surface area contributed by atoms with Crippen LogP contribution < -0.4 is 5.32 Å². The van der Waals surface area contributed by atoms with Crippen LogP contribution in [0.3, 0.4) is 0 Å². The zero-order chi connectivity index (χ0) is 11.8. The quantitative estimate of drug-likeness (QED) is 0.710. The molecule has 86 valence electrons. The first-order valence-electron chi connectivity index (χ1n) is 5.05. The summed E-state index contributed by atoms with van der Waals surface area (Å²) in [7, 11) is 1.67. The van der Waals surface area contributed by atoms with E-state index in [1.165, 1.54) is 0 Å². The van der Waals surface area contributed by atoms with Gasteiger partial charge in [-0.3, -0.25) is 9.79 Å². The lowest BCUT2D eigenvalue weighted by Crippen LogP contribution is -2.21. The van der Waals surface area contributed by atoms with Crippen LogP contribution in [0.15, 0.2) is 33.9 Å². The van der Waals surface area contributed by atoms with Crippen molar-refractivity contribution in [2.24, 2.45) is 9.98 Å². The van der Waals surface area contributed by atoms with E-state index in [-0.39, 0.29) is 12.5 Å². The maximum atomic E-state index is 11.0. The number of aliphatic imine (C=N–C) groups is 2. The van der Waals surface area contributed by atoms with E-state index in [0.717, 1.165) is 5.57 Å². The van der Waals surface area contributed by atoms with Crippen molar-refractivity contribution in [2.75, 3.05) is 20.2 Å². The normalized spacial score (nSPS) is 19.1. The molecule has 0 saturated carbocycles. The monoisotopic (exact) mass is 221 g/mol. The molecule has 0 unspecified atom stereocenters. The predicted molar refractivity (Wildman–Crippen MR) is 63.7 cm³/mol. The number of nitrogens with zero attached hydrogens (tertiary/aromatic N) is 2. The Bertz CT molecular complexity index is 367. The van der Waals surface area contributed by atoms with Crippen molar-refractivity contribution in [1.82, 2.24) is 5.32 Å². The summed E-state index contributed by atoms with van der Waals surface area (Å²) < 4.78 is 4.78. The number of dihydropyridines is 1. The average Bonchev–Trinajstić information content (AvgIpc) is 2.30. The van der Waals surface area contributed by atoms with Gasteiger partial charge in [-0.1, -0.05) is 0 Å². The Hall–Kier alpha value is -1.91. The molecule has 0 fully saturated rings. The number of rotatable bonds is 4. The molecule has 1 aliphatic heterocycles. The number of hydrogen-bond donors (Lipinski definition) is 1. The highest BCUT2D eigenvalue weighted by atomic mass is 16.5. The number of esters is 1. The Balaban J connectivity index is 2.48. The molecular weight excluding hydrogens is 206 g/mol. The average molecular weight is 221 g/mol. The summed E-state index contributed by atoms with van der Waals surface area (Å²) in [6.45, 7) is 2.31. The predicted octanol–water partition coefficient (Wildman–Crippen LogP) is 0.692. The van der Waals surface area contributed by atoms with E-state index in [2.05, 4.69) is 15.3 Å². The van der Waals surface area contributed by atoms with Gasteiger partial charge < -0.3 is 10.1 Å². The van der Waals surface area contributed by atoms with E-state index in [9.17, 15) is 4.79 Å². The second kappa shape index (κ2) is 6.55. The van der Waals surface area contributed by atoms with Gasteiger partial charge in [-0.15, -0.1) is 0 Å². The topological polar surface area (TPSA) is 63.0 Å². The molecule has 0 aliphatic carbocycles. The minimum absolute atomic E-state index is 0.145. The van der Waals surface area contributed by atoms with Gasteiger partial charge in [0, 0.05) is 25.0 Å². The SMILES string of the molecule is CCOC(=O)CN/C=C1/C=CC=N/C1=N/C. The van der Waals surface area contributed by atoms with Gasteiger partial charge in [-0.2, -0.15) is 0 Å². The third-order valence-electron chi connectivity index (χ3n) is 1.84. The fourth-order valence-electron chi connectivity index (χ4n) is 1.17. The summed E-state index contributed by atoms with van der Waals surface area (Å²) in [5.41, 5.74) is 0.842. The Morgan fingerprint density at radius 2 is 2.50 bits per heavy atom. The summed E-state index contributed by atoms with van der Waals surface area (Å²) in [5.74, 6) is 0.358. The van der Waals surface area contributed by atoms with E-state index >= 15 is 0 Å². The maximum Gasteiger partial charge on any atom is 0.325 e. The molecule has 1 rings (SSSR count). The second-order valence-corrected chi connectivity index (χ2v) is 2.97. The van der Waals surface area contributed by atoms with Gasteiger partial charge in [0.2, 0.25) is 0 Å². The summed E-state index contributed by atoms with van der Waals surface area (Å²) >= 11 is 0. The van der Waals surface area contributed by atoms with Crippen LogP contribution in [0.4, 0.5) is 0 Å². The van der Waals surface area contributed by atoms with Crippen LogP contribution in [-0.4, -0.2) is 38.2 Å². The van der Waals surface area contributed by atoms with Crippen molar-refractivity contribution in [3.8, 4) is 0 Å². The van der Waals surface area contributed by atoms with Crippen LogP contribution >= 0.6 is 0 Å². The molecule has 1 aliphatic rings. The fraction of sp³-hybridized carbons (Fsp3) is 0.364. The van der Waals surface area contributed by atoms with E-state index in [4.69, 9.17) is 4.74 Å². The molecule has 0 aromatic rings. The number of amidine groups is 1. The number of carbonyl (C=O) groups excluding carboxylic acids is 1. The minimum atomic E-state index is -0.280. The molecule has 1 N–H and O–H groups in total. The van der Waals surface area contributed by atoms with E-state index < -0.39 is 0 Å². The fourth-order valence-corrected chi connectivity index (χ4v) is 1.17. The first-order chi connectivity index (χ1) is 7.77. The first-order valence-corrected chi connectivity index (χ1v) is 5.05. The molecule has 5 nitrogen and oxygen atoms in total. The molecule has 5 heteroatoms. The van der Waals surface area contributed by atoms with Crippen LogP contribution in [-0.2, 0) is 9.53 Å². The highest BCUT2D eigenvalue weighted by molar-refractivity contribution is 6.08. The Labute approximate surface area is 94.6 Å². The lowest BCUT2D eigenvalue weighted by Gasteiger charge is -2.06. The van der Waals surface area contributed by atoms with Crippen molar-refractivity contribution in [3.05, 3.63) is 23.9 Å². The van der Waals surface area contributed by atoms with Crippen LogP contribution in [0.1, 0.15) is 6.92 Å². The smallest absolute Gasteiger partial charge is 0.325 e.